The molecule has 0 aromatic carbocycles. The van der Waals surface area contributed by atoms with Gasteiger partial charge in [-0.15, -0.1) is 0 Å². The van der Waals surface area contributed by atoms with Crippen LogP contribution in [0.2, 0.25) is 0 Å². The minimum Gasteiger partial charge on any atom is -0.384 e. The summed E-state index contributed by atoms with van der Waals surface area (Å²) < 4.78 is 19.3. The second-order valence-electron chi connectivity index (χ2n) is 12.2. The average Bonchev–Trinajstić information content (AvgIpc) is 3.38. The average molecular weight is 475 g/mol. The Labute approximate surface area is 201 Å². The number of methoxy groups -OCH3 is 1. The van der Waals surface area contributed by atoms with Crippen LogP contribution >= 0.6 is 0 Å². The van der Waals surface area contributed by atoms with Crippen LogP contribution in [0.4, 0.5) is 0 Å². The van der Waals surface area contributed by atoms with Crippen LogP contribution in [-0.2, 0) is 26.9 Å². The van der Waals surface area contributed by atoms with Gasteiger partial charge < -0.3 is 4.74 Å². The molecule has 0 amide bonds. The van der Waals surface area contributed by atoms with E-state index in [9.17, 15) is 9.00 Å². The number of carbonyl (C=O) groups excluding carboxylic acids is 1. The zero-order valence-corrected chi connectivity index (χ0v) is 21.7. The molecule has 4 aliphatic rings. The zero-order chi connectivity index (χ0) is 23.4. The first-order valence-corrected chi connectivity index (χ1v) is 14.7. The van der Waals surface area contributed by atoms with Crippen LogP contribution < -0.4 is 0 Å². The Hall–Kier alpha value is -1.01. The van der Waals surface area contributed by atoms with Crippen molar-refractivity contribution in [1.82, 2.24) is 9.78 Å². The smallest absolute Gasteiger partial charge is 0.157 e. The van der Waals surface area contributed by atoms with Gasteiger partial charge in [-0.25, -0.2) is 0 Å². The van der Waals surface area contributed by atoms with E-state index in [0.717, 1.165) is 36.7 Å². The van der Waals surface area contributed by atoms with Crippen LogP contribution in [0, 0.1) is 46.3 Å². The second-order valence-corrected chi connectivity index (χ2v) is 13.5. The lowest BCUT2D eigenvalue weighted by molar-refractivity contribution is -0.154. The molecule has 184 valence electrons. The lowest BCUT2D eigenvalue weighted by Crippen LogP contribution is -2.56. The van der Waals surface area contributed by atoms with Crippen molar-refractivity contribution in [2.45, 2.75) is 83.1 Å². The van der Waals surface area contributed by atoms with Gasteiger partial charge in [0.15, 0.2) is 5.78 Å². The van der Waals surface area contributed by atoms with E-state index in [-0.39, 0.29) is 11.3 Å². The minimum atomic E-state index is -1.06. The van der Waals surface area contributed by atoms with Gasteiger partial charge in [0.1, 0.15) is 0 Å². The van der Waals surface area contributed by atoms with Crippen molar-refractivity contribution in [3.8, 4) is 0 Å². The summed E-state index contributed by atoms with van der Waals surface area (Å²) in [6.07, 6.45) is 16.5. The molecule has 33 heavy (non-hydrogen) atoms. The Balaban J connectivity index is 1.35. The summed E-state index contributed by atoms with van der Waals surface area (Å²) in [5.74, 6) is 4.31. The van der Waals surface area contributed by atoms with E-state index < -0.39 is 10.8 Å². The number of carbonyl (C=O) groups is 1. The van der Waals surface area contributed by atoms with Gasteiger partial charge in [-0.05, 0) is 91.8 Å². The molecule has 0 spiro atoms. The number of ether oxygens (including phenoxy) is 1. The highest BCUT2D eigenvalue weighted by Crippen LogP contribution is 2.68. The van der Waals surface area contributed by atoms with E-state index in [1.807, 2.05) is 7.11 Å². The van der Waals surface area contributed by atoms with E-state index in [4.69, 9.17) is 4.74 Å². The molecule has 6 heteroatoms. The fourth-order valence-electron chi connectivity index (χ4n) is 9.19. The predicted molar refractivity (Wildman–Crippen MR) is 130 cm³/mol. The van der Waals surface area contributed by atoms with Crippen LogP contribution in [0.1, 0.15) is 71.6 Å². The summed E-state index contributed by atoms with van der Waals surface area (Å²) in [6.45, 7) is 6.11. The third kappa shape index (κ3) is 3.87. The Morgan fingerprint density at radius 2 is 2.00 bits per heavy atom. The van der Waals surface area contributed by atoms with Gasteiger partial charge >= 0.3 is 0 Å². The predicted octanol–water partition coefficient (Wildman–Crippen LogP) is 5.11. The Morgan fingerprint density at radius 1 is 1.18 bits per heavy atom. The topological polar surface area (TPSA) is 61.2 Å². The molecule has 0 saturated heterocycles. The summed E-state index contributed by atoms with van der Waals surface area (Å²) in [6, 6.07) is 0. The highest BCUT2D eigenvalue weighted by atomic mass is 32.2. The molecular weight excluding hydrogens is 432 g/mol. The standard InChI is InChI=1S/C27H42N2O3S/c1-18-9-12-27(17-32-3)19(13-18)5-6-21-22-7-8-24(26(22,2)11-10-23(21)27)25(30)16-29-15-20(14-28-29)33(4)31/h14-15,18-19,21-24H,5-13,16-17H2,1-4H3/t18?,19?,21?,22?,23?,24-,26?,27?,33?/m1/s1. The molecule has 5 nitrogen and oxygen atoms in total. The quantitative estimate of drug-likeness (QED) is 0.575. The first-order chi connectivity index (χ1) is 15.8. The molecule has 1 heterocycles. The molecule has 4 aliphatic carbocycles. The fourth-order valence-corrected chi connectivity index (χ4v) is 9.66. The van der Waals surface area contributed by atoms with Crippen LogP contribution in [0.5, 0.6) is 0 Å². The molecule has 0 N–H and O–H groups in total. The monoisotopic (exact) mass is 474 g/mol. The van der Waals surface area contributed by atoms with Gasteiger partial charge in [0.05, 0.1) is 35.0 Å². The number of nitrogens with zero attached hydrogens (tertiary/aromatic N) is 2. The lowest BCUT2D eigenvalue weighted by atomic mass is 9.44. The summed E-state index contributed by atoms with van der Waals surface area (Å²) in [5, 5.41) is 4.31. The maximum absolute atomic E-state index is 13.5. The zero-order valence-electron chi connectivity index (χ0n) is 20.9. The molecule has 1 aromatic heterocycles. The largest absolute Gasteiger partial charge is 0.384 e. The van der Waals surface area contributed by atoms with Crippen LogP contribution in [-0.4, -0.2) is 39.7 Å². The molecule has 1 aromatic rings. The normalized spacial score (nSPS) is 43.4. The maximum Gasteiger partial charge on any atom is 0.157 e. The number of rotatable bonds is 6. The van der Waals surface area contributed by atoms with E-state index in [0.29, 0.717) is 28.6 Å². The number of hydrogen-bond donors (Lipinski definition) is 0. The Bertz CT molecular complexity index is 915. The van der Waals surface area contributed by atoms with Crippen molar-refractivity contribution in [2.75, 3.05) is 20.0 Å². The highest BCUT2D eigenvalue weighted by molar-refractivity contribution is 7.84. The first-order valence-electron chi connectivity index (χ1n) is 13.2. The highest BCUT2D eigenvalue weighted by Gasteiger charge is 2.62. The number of hydrogen-bond acceptors (Lipinski definition) is 4. The number of fused-ring (bicyclic) bond motifs is 5. The molecule has 4 saturated carbocycles. The van der Waals surface area contributed by atoms with E-state index in [1.165, 1.54) is 51.4 Å². The number of ketones is 1. The SMILES string of the molecule is COCC12CCC(C)CC1CCC1C2CCC2(C)C1CC[C@@H]2C(=O)Cn1cc(S(C)=O)cn1. The molecule has 8 unspecified atom stereocenters. The summed E-state index contributed by atoms with van der Waals surface area (Å²) in [5.41, 5.74) is 0.486. The van der Waals surface area contributed by atoms with Crippen LogP contribution in [0.25, 0.3) is 0 Å². The van der Waals surface area contributed by atoms with Gasteiger partial charge in [-0.3, -0.25) is 13.7 Å². The fraction of sp³-hybridized carbons (Fsp3) is 0.852. The molecule has 9 atom stereocenters. The summed E-state index contributed by atoms with van der Waals surface area (Å²) in [4.78, 5) is 14.2. The molecule has 0 aliphatic heterocycles. The van der Waals surface area contributed by atoms with Crippen molar-refractivity contribution < 1.29 is 13.7 Å². The van der Waals surface area contributed by atoms with Gasteiger partial charge in [0.2, 0.25) is 0 Å². The maximum atomic E-state index is 13.5. The van der Waals surface area contributed by atoms with E-state index >= 15 is 0 Å². The van der Waals surface area contributed by atoms with Crippen LogP contribution in [0.15, 0.2) is 17.3 Å². The third-order valence-electron chi connectivity index (χ3n) is 10.7. The number of aromatic nitrogens is 2. The molecule has 4 fully saturated rings. The van der Waals surface area contributed by atoms with Crippen molar-refractivity contribution in [1.29, 1.82) is 0 Å². The van der Waals surface area contributed by atoms with Crippen molar-refractivity contribution >= 4 is 16.6 Å². The second kappa shape index (κ2) is 8.89. The van der Waals surface area contributed by atoms with Gasteiger partial charge in [-0.2, -0.15) is 5.10 Å². The number of Topliss-reactive ketones (excluding diaryl/α,β-unsaturated/α-hetero) is 1. The molecule has 5 rings (SSSR count). The van der Waals surface area contributed by atoms with E-state index in [2.05, 4.69) is 18.9 Å². The van der Waals surface area contributed by atoms with Crippen molar-refractivity contribution in [3.63, 3.8) is 0 Å². The first kappa shape index (κ1) is 23.7. The van der Waals surface area contributed by atoms with Gasteiger partial charge in [-0.1, -0.05) is 20.3 Å². The van der Waals surface area contributed by atoms with Gasteiger partial charge in [0, 0.05) is 25.5 Å². The Morgan fingerprint density at radius 3 is 2.73 bits per heavy atom. The summed E-state index contributed by atoms with van der Waals surface area (Å²) in [7, 11) is 0.841. The molecule has 0 bridgehead atoms. The summed E-state index contributed by atoms with van der Waals surface area (Å²) >= 11 is 0. The van der Waals surface area contributed by atoms with Crippen molar-refractivity contribution in [2.24, 2.45) is 46.3 Å². The van der Waals surface area contributed by atoms with Crippen LogP contribution in [0.3, 0.4) is 0 Å². The van der Waals surface area contributed by atoms with E-state index in [1.54, 1.807) is 23.3 Å². The lowest BCUT2D eigenvalue weighted by Gasteiger charge is -2.61. The Kier molecular flexibility index (Phi) is 6.39. The minimum absolute atomic E-state index is 0.116. The third-order valence-corrected chi connectivity index (χ3v) is 11.6. The molecule has 0 radical (unpaired) electrons. The van der Waals surface area contributed by atoms with Crippen molar-refractivity contribution in [3.05, 3.63) is 12.4 Å². The van der Waals surface area contributed by atoms with Gasteiger partial charge in [0.25, 0.3) is 0 Å². The molecular formula is C27H42N2O3S.